The Labute approximate surface area is 785 Å². The van der Waals surface area contributed by atoms with Gasteiger partial charge in [-0.25, -0.2) is 0 Å². The molecule has 0 aliphatic heterocycles. The van der Waals surface area contributed by atoms with Gasteiger partial charge in [-0.15, -0.1) is 0 Å². The van der Waals surface area contributed by atoms with Gasteiger partial charge >= 0.3 is 0 Å². The maximum Gasteiger partial charge on any atom is 0.262 e. The molecule has 2 atom stereocenters. The van der Waals surface area contributed by atoms with E-state index in [1.165, 1.54) is 0 Å². The van der Waals surface area contributed by atoms with Crippen LogP contribution in [0.4, 0.5) is 0 Å². The van der Waals surface area contributed by atoms with Crippen molar-refractivity contribution in [2.75, 3.05) is 26.4 Å². The SMILES string of the molecule is Cc1cc(-c2ccccc2OC[C@@H]2CCCC[C@H]2COc2ccccc2-c2cc(C)cc(-n3c4ccccc4c4ccccc43)c2O)c(O)c(-n2c3ccccc3c3ccccc32)c1.Cc1cc(-c2ccccc2[OH+]CCC[OH+]c2ccccc2-c2cc(C)cc(-n3c4ccccc4c4ccccc43)c2O)c(O)c(-n2c3ccccc3c3ccccc32)c1.[CH3-].[CH3-].[CH3-].[Hf].[Hf]. The van der Waals surface area contributed by atoms with Crippen LogP contribution in [-0.4, -0.2) is 74.6 Å². The third-order valence-corrected chi connectivity index (χ3v) is 24.8. The van der Waals surface area contributed by atoms with Gasteiger partial charge in [0.15, 0.2) is 13.2 Å². The molecule has 1 saturated carbocycles. The van der Waals surface area contributed by atoms with Crippen LogP contribution in [0.2, 0.25) is 0 Å². The van der Waals surface area contributed by atoms with Crippen molar-refractivity contribution in [1.29, 1.82) is 0 Å². The van der Waals surface area contributed by atoms with Crippen molar-refractivity contribution in [2.24, 2.45) is 11.8 Å². The molecule has 1 aliphatic rings. The molecule has 0 radical (unpaired) electrons. The number of aromatic nitrogens is 4. The Morgan fingerprint density at radius 3 is 0.734 bits per heavy atom. The van der Waals surface area contributed by atoms with Crippen LogP contribution in [0.1, 0.15) is 54.4 Å². The number of phenolic OH excluding ortho intramolecular Hbond substituents is 4. The minimum absolute atomic E-state index is 0. The summed E-state index contributed by atoms with van der Waals surface area (Å²) in [5.41, 5.74) is 22.0. The summed E-state index contributed by atoms with van der Waals surface area (Å²) in [6.45, 7) is 10.5. The van der Waals surface area contributed by atoms with Gasteiger partial charge in [-0.3, -0.25) is 0 Å². The maximum atomic E-state index is 12.2. The zero-order chi connectivity index (χ0) is 83.3. The van der Waals surface area contributed by atoms with Gasteiger partial charge in [0.05, 0.1) is 91.2 Å². The Balaban J connectivity index is 0.000000190. The monoisotopic (exact) mass is 2020 g/mol. The smallest absolute Gasteiger partial charge is 0.262 e. The first-order valence-electron chi connectivity index (χ1n) is 42.7. The molecule has 4 heterocycles. The number of phenols is 4. The molecule has 0 unspecified atom stereocenters. The van der Waals surface area contributed by atoms with Crippen LogP contribution in [0.25, 0.3) is 154 Å². The minimum Gasteiger partial charge on any atom is -0.582 e. The average Bonchev–Trinajstić information content (AvgIpc) is 1.61. The molecular formula is C114H103Hf2N4O8-. The van der Waals surface area contributed by atoms with Crippen LogP contribution in [0, 0.1) is 61.8 Å². The fraction of sp³-hybridized carbons (Fsp3) is 0.132. The van der Waals surface area contributed by atoms with E-state index in [0.29, 0.717) is 26.4 Å². The third kappa shape index (κ3) is 16.6. The van der Waals surface area contributed by atoms with E-state index in [-0.39, 0.29) is 109 Å². The predicted octanol–water partition coefficient (Wildman–Crippen LogP) is 28.7. The van der Waals surface area contributed by atoms with Crippen LogP contribution < -0.4 is 9.47 Å². The third-order valence-electron chi connectivity index (χ3n) is 24.8. The molecule has 20 aromatic rings. The Morgan fingerprint density at radius 1 is 0.266 bits per heavy atom. The molecule has 0 saturated heterocycles. The molecule has 12 nitrogen and oxygen atoms in total. The Morgan fingerprint density at radius 2 is 0.477 bits per heavy atom. The number of nitrogens with zero attached hydrogens (tertiary/aromatic N) is 4. The molecule has 0 amide bonds. The summed E-state index contributed by atoms with van der Waals surface area (Å²) in [5.74, 6) is 4.59. The molecular weight excluding hydrogens is 1910 g/mol. The summed E-state index contributed by atoms with van der Waals surface area (Å²) in [5, 5.41) is 57.7. The molecule has 1 aliphatic carbocycles. The molecule has 14 heteroatoms. The molecule has 21 rings (SSSR count). The van der Waals surface area contributed by atoms with Crippen LogP contribution in [0.5, 0.6) is 46.0 Å². The maximum absolute atomic E-state index is 12.2. The van der Waals surface area contributed by atoms with Gasteiger partial charge in [0, 0.05) is 140 Å². The number of hydrogen-bond donors (Lipinski definition) is 4. The number of hydrogen-bond acceptors (Lipinski definition) is 6. The van der Waals surface area contributed by atoms with Gasteiger partial charge in [-0.05, 0) is 196 Å². The zero-order valence-corrected chi connectivity index (χ0v) is 80.3. The number of ether oxygens (including phenoxy) is 4. The molecule has 1 fully saturated rings. The van der Waals surface area contributed by atoms with Crippen LogP contribution in [0.15, 0.2) is 340 Å². The summed E-state index contributed by atoms with van der Waals surface area (Å²) in [6.07, 6.45) is 5.11. The van der Waals surface area contributed by atoms with E-state index < -0.39 is 0 Å². The van der Waals surface area contributed by atoms with Gasteiger partial charge in [0.1, 0.15) is 40.9 Å². The largest absolute Gasteiger partial charge is 0.582 e. The first kappa shape index (κ1) is 89.7. The van der Waals surface area contributed by atoms with Crippen molar-refractivity contribution in [3.8, 4) is 113 Å². The number of benzene rings is 16. The first-order valence-corrected chi connectivity index (χ1v) is 42.7. The molecule has 6 N–H and O–H groups in total. The van der Waals surface area contributed by atoms with E-state index in [2.05, 4.69) is 252 Å². The summed E-state index contributed by atoms with van der Waals surface area (Å²) in [6, 6.07) is 116. The second-order valence-corrected chi connectivity index (χ2v) is 32.8. The number of aryl methyl sites for hydroxylation is 4. The predicted molar refractivity (Wildman–Crippen MR) is 524 cm³/mol. The topological polar surface area (TPSA) is 145 Å². The van der Waals surface area contributed by atoms with Crippen LogP contribution in [0.3, 0.4) is 0 Å². The quantitative estimate of drug-likeness (QED) is 0.0259. The van der Waals surface area contributed by atoms with Gasteiger partial charge < -0.3 is 79.9 Å². The van der Waals surface area contributed by atoms with Crippen molar-refractivity contribution in [2.45, 2.75) is 59.8 Å². The zero-order valence-electron chi connectivity index (χ0n) is 73.1. The van der Waals surface area contributed by atoms with Crippen molar-refractivity contribution in [1.82, 2.24) is 18.3 Å². The van der Waals surface area contributed by atoms with E-state index in [4.69, 9.17) is 18.9 Å². The van der Waals surface area contributed by atoms with Crippen LogP contribution >= 0.6 is 0 Å². The number of fused-ring (bicyclic) bond motifs is 12. The van der Waals surface area contributed by atoms with Gasteiger partial charge in [-0.2, -0.15) is 0 Å². The molecule has 16 aromatic carbocycles. The Hall–Kier alpha value is -13.1. The standard InChI is InChI=1S/C58H50N2O4.C53H42N2O4.3CH3.2Hf/c1-37-31-47(57(61)53(33-37)59-49-25-11-5-19-41(49)42-20-6-12-26-50(42)59)45-23-9-15-29-55(45)63-35-39-17-3-4-18-40(39)36-64-56-30-16-10-24-46(56)48-32-38(2)34-54(58(48)62)60-51-27-13-7-21-43(51)44-22-8-14-28-52(44)60;1-34-30-42(52(56)48(32-34)54-44-22-9-3-16-36(44)37-17-4-10-23-45(37)54)40-20-7-13-26-50(40)58-28-15-29-59-51-27-14-8-21-41(51)43-31-35(2)33-49(53(43)57)55-46-24-11-5-18-38(46)39-19-6-12-25-47(39)55;;;;;/h5-16,19-34,39-40,61-62H,3-4,17-18,35-36H2,1-2H3;3-14,16-27,30-33,56-57H,15,28-29H2,1-2H3;3*1H3;;/q;;3*-1;;/p+2/t39-,40-;;;;;;/m0....../s1. The second kappa shape index (κ2) is 38.6. The summed E-state index contributed by atoms with van der Waals surface area (Å²) in [4.78, 5) is 0. The van der Waals surface area contributed by atoms with Gasteiger partial charge in [0.2, 0.25) is 0 Å². The number of aromatic hydroxyl groups is 6. The first-order chi connectivity index (χ1) is 60.4. The van der Waals surface area contributed by atoms with E-state index in [9.17, 15) is 20.4 Å². The van der Waals surface area contributed by atoms with E-state index in [1.807, 2.05) is 133 Å². The molecule has 128 heavy (non-hydrogen) atoms. The average molecular weight is 2010 g/mol. The molecule has 0 bridgehead atoms. The van der Waals surface area contributed by atoms with Crippen molar-refractivity contribution in [3.05, 3.63) is 384 Å². The molecule has 636 valence electrons. The van der Waals surface area contributed by atoms with Crippen molar-refractivity contribution < 1.29 is 91.1 Å². The molecule has 4 aromatic heterocycles. The Bertz CT molecular complexity index is 6830. The Kier molecular flexibility index (Phi) is 27.0. The van der Waals surface area contributed by atoms with E-state index >= 15 is 0 Å². The summed E-state index contributed by atoms with van der Waals surface area (Å²) >= 11 is 0. The van der Waals surface area contributed by atoms with Crippen molar-refractivity contribution >= 4 is 87.2 Å². The number of para-hydroxylation sites is 12. The van der Waals surface area contributed by atoms with Crippen LogP contribution in [-0.2, 0) is 51.7 Å². The number of aliphatic hydroxyl groups is 2. The summed E-state index contributed by atoms with van der Waals surface area (Å²) < 4.78 is 32.4. The van der Waals surface area contributed by atoms with Crippen molar-refractivity contribution in [3.63, 3.8) is 0 Å². The summed E-state index contributed by atoms with van der Waals surface area (Å²) in [7, 11) is 0. The fourth-order valence-electron chi connectivity index (χ4n) is 19.2. The minimum atomic E-state index is 0. The van der Waals surface area contributed by atoms with E-state index in [1.54, 1.807) is 0 Å². The normalized spacial score (nSPS) is 13.0. The number of rotatable bonds is 20. The molecule has 0 spiro atoms. The fourth-order valence-corrected chi connectivity index (χ4v) is 19.2. The van der Waals surface area contributed by atoms with Gasteiger partial charge in [0.25, 0.3) is 11.5 Å². The van der Waals surface area contributed by atoms with Gasteiger partial charge in [-0.1, -0.05) is 219 Å². The second-order valence-electron chi connectivity index (χ2n) is 32.8. The van der Waals surface area contributed by atoms with E-state index in [0.717, 1.165) is 232 Å².